The minimum absolute atomic E-state index is 0.443. The van der Waals surface area contributed by atoms with E-state index in [0.717, 1.165) is 12.0 Å². The highest BCUT2D eigenvalue weighted by Crippen LogP contribution is 2.24. The molecule has 0 spiro atoms. The van der Waals surface area contributed by atoms with E-state index in [1.807, 2.05) is 6.07 Å². The maximum atomic E-state index is 5.95. The van der Waals surface area contributed by atoms with Gasteiger partial charge in [0.25, 0.3) is 0 Å². The van der Waals surface area contributed by atoms with Crippen LogP contribution in [0.1, 0.15) is 12.0 Å². The average molecular weight is 234 g/mol. The maximum absolute atomic E-state index is 5.95. The van der Waals surface area contributed by atoms with E-state index in [4.69, 9.17) is 33.7 Å². The Morgan fingerprint density at radius 3 is 2.43 bits per heavy atom. The molecule has 0 saturated carbocycles. The fourth-order valence-corrected chi connectivity index (χ4v) is 1.54. The van der Waals surface area contributed by atoms with Gasteiger partial charge in [0.1, 0.15) is 0 Å². The van der Waals surface area contributed by atoms with Gasteiger partial charge in [-0.1, -0.05) is 29.3 Å². The van der Waals surface area contributed by atoms with Crippen LogP contribution in [0.25, 0.3) is 0 Å². The quantitative estimate of drug-likeness (QED) is 0.795. The Kier molecular flexibility index (Phi) is 5.26. The highest BCUT2D eigenvalue weighted by atomic mass is 35.5. The van der Waals surface area contributed by atoms with Crippen LogP contribution in [0, 0.1) is 0 Å². The average Bonchev–Trinajstić information content (AvgIpc) is 2.16. The van der Waals surface area contributed by atoms with Crippen molar-refractivity contribution >= 4 is 23.2 Å². The van der Waals surface area contributed by atoms with Crippen LogP contribution < -0.4 is 5.73 Å². The summed E-state index contributed by atoms with van der Waals surface area (Å²) < 4.78 is 5.37. The molecule has 0 fully saturated rings. The van der Waals surface area contributed by atoms with Crippen LogP contribution >= 0.6 is 23.2 Å². The third-order valence-electron chi connectivity index (χ3n) is 1.80. The molecule has 0 amide bonds. The summed E-state index contributed by atoms with van der Waals surface area (Å²) in [5.41, 5.74) is 6.18. The smallest absolute Gasteiger partial charge is 0.0746 e. The van der Waals surface area contributed by atoms with Crippen molar-refractivity contribution in [1.29, 1.82) is 0 Å². The van der Waals surface area contributed by atoms with Gasteiger partial charge in [0.2, 0.25) is 0 Å². The highest BCUT2D eigenvalue weighted by molar-refractivity contribution is 6.35. The first kappa shape index (κ1) is 11.8. The minimum Gasteiger partial charge on any atom is -0.377 e. The molecule has 0 radical (unpaired) electrons. The van der Waals surface area contributed by atoms with Gasteiger partial charge in [-0.15, -0.1) is 0 Å². The van der Waals surface area contributed by atoms with E-state index in [1.165, 1.54) is 0 Å². The van der Waals surface area contributed by atoms with Crippen molar-refractivity contribution in [2.75, 3.05) is 13.2 Å². The number of hydrogen-bond donors (Lipinski definition) is 1. The van der Waals surface area contributed by atoms with E-state index in [-0.39, 0.29) is 0 Å². The monoisotopic (exact) mass is 233 g/mol. The van der Waals surface area contributed by atoms with E-state index in [0.29, 0.717) is 29.8 Å². The van der Waals surface area contributed by atoms with Crippen LogP contribution in [0.4, 0.5) is 0 Å². The molecular formula is C10H13Cl2NO. The molecule has 2 N–H and O–H groups in total. The van der Waals surface area contributed by atoms with Gasteiger partial charge >= 0.3 is 0 Å². The number of benzene rings is 1. The summed E-state index contributed by atoms with van der Waals surface area (Å²) in [6, 6.07) is 5.41. The van der Waals surface area contributed by atoms with E-state index in [9.17, 15) is 0 Å². The zero-order valence-electron chi connectivity index (χ0n) is 7.80. The molecule has 2 nitrogen and oxygen atoms in total. The normalized spacial score (nSPS) is 10.5. The van der Waals surface area contributed by atoms with E-state index >= 15 is 0 Å². The zero-order chi connectivity index (χ0) is 10.4. The van der Waals surface area contributed by atoms with Crippen molar-refractivity contribution in [3.05, 3.63) is 33.8 Å². The molecule has 14 heavy (non-hydrogen) atoms. The summed E-state index contributed by atoms with van der Waals surface area (Å²) in [5, 5.41) is 1.29. The van der Waals surface area contributed by atoms with Gasteiger partial charge in [-0.2, -0.15) is 0 Å². The molecule has 1 aromatic carbocycles. The summed E-state index contributed by atoms with van der Waals surface area (Å²) >= 11 is 11.9. The number of halogens is 2. The molecule has 0 saturated heterocycles. The third-order valence-corrected chi connectivity index (χ3v) is 2.51. The van der Waals surface area contributed by atoms with Gasteiger partial charge in [-0.25, -0.2) is 0 Å². The molecule has 0 aromatic heterocycles. The summed E-state index contributed by atoms with van der Waals surface area (Å²) in [4.78, 5) is 0. The van der Waals surface area contributed by atoms with Crippen molar-refractivity contribution in [3.8, 4) is 0 Å². The minimum atomic E-state index is 0.443. The number of nitrogens with two attached hydrogens (primary N) is 1. The van der Waals surface area contributed by atoms with Gasteiger partial charge in [-0.05, 0) is 25.1 Å². The van der Waals surface area contributed by atoms with E-state index in [1.54, 1.807) is 12.1 Å². The van der Waals surface area contributed by atoms with Gasteiger partial charge in [0.15, 0.2) is 0 Å². The molecule has 0 atom stereocenters. The van der Waals surface area contributed by atoms with Crippen LogP contribution in [0.15, 0.2) is 18.2 Å². The molecule has 1 aromatic rings. The van der Waals surface area contributed by atoms with Crippen molar-refractivity contribution in [1.82, 2.24) is 0 Å². The molecule has 0 aliphatic rings. The van der Waals surface area contributed by atoms with Gasteiger partial charge in [-0.3, -0.25) is 0 Å². The molecule has 0 aliphatic carbocycles. The summed E-state index contributed by atoms with van der Waals surface area (Å²) in [5.74, 6) is 0. The summed E-state index contributed by atoms with van der Waals surface area (Å²) in [7, 11) is 0. The summed E-state index contributed by atoms with van der Waals surface area (Å²) in [6.07, 6.45) is 0.849. The standard InChI is InChI=1S/C10H13Cl2NO/c11-9-3-1-4-10(12)8(9)7-14-6-2-5-13/h1,3-4H,2,5-7,13H2. The number of rotatable bonds is 5. The molecule has 78 valence electrons. The second kappa shape index (κ2) is 6.25. The lowest BCUT2D eigenvalue weighted by atomic mass is 10.2. The van der Waals surface area contributed by atoms with Crippen LogP contribution in [-0.4, -0.2) is 13.2 Å². The van der Waals surface area contributed by atoms with Crippen LogP contribution in [0.5, 0.6) is 0 Å². The molecule has 0 bridgehead atoms. The second-order valence-electron chi connectivity index (χ2n) is 2.90. The van der Waals surface area contributed by atoms with Crippen molar-refractivity contribution in [2.24, 2.45) is 5.73 Å². The fourth-order valence-electron chi connectivity index (χ4n) is 1.03. The Morgan fingerprint density at radius 2 is 1.86 bits per heavy atom. The zero-order valence-corrected chi connectivity index (χ0v) is 9.31. The first-order chi connectivity index (χ1) is 6.75. The lowest BCUT2D eigenvalue weighted by Gasteiger charge is -2.07. The molecule has 1 rings (SSSR count). The lowest BCUT2D eigenvalue weighted by Crippen LogP contribution is -2.04. The van der Waals surface area contributed by atoms with Crippen molar-refractivity contribution in [2.45, 2.75) is 13.0 Å². The number of hydrogen-bond acceptors (Lipinski definition) is 2. The Bertz CT molecular complexity index is 271. The van der Waals surface area contributed by atoms with Gasteiger partial charge < -0.3 is 10.5 Å². The SMILES string of the molecule is NCCCOCc1c(Cl)cccc1Cl. The number of ether oxygens (including phenoxy) is 1. The van der Waals surface area contributed by atoms with E-state index in [2.05, 4.69) is 0 Å². The van der Waals surface area contributed by atoms with Crippen LogP contribution in [0.2, 0.25) is 10.0 Å². The maximum Gasteiger partial charge on any atom is 0.0746 e. The predicted molar refractivity (Wildman–Crippen MR) is 59.8 cm³/mol. The Hall–Kier alpha value is -0.280. The van der Waals surface area contributed by atoms with Crippen LogP contribution in [0.3, 0.4) is 0 Å². The first-order valence-electron chi connectivity index (χ1n) is 4.46. The van der Waals surface area contributed by atoms with E-state index < -0.39 is 0 Å². The predicted octanol–water partition coefficient (Wildman–Crippen LogP) is 2.86. The molecule has 0 aliphatic heterocycles. The fraction of sp³-hybridized carbons (Fsp3) is 0.400. The topological polar surface area (TPSA) is 35.2 Å². The van der Waals surface area contributed by atoms with Gasteiger partial charge in [0, 0.05) is 22.2 Å². The lowest BCUT2D eigenvalue weighted by molar-refractivity contribution is 0.120. The molecular weight excluding hydrogens is 221 g/mol. The molecule has 0 unspecified atom stereocenters. The molecule has 0 heterocycles. The summed E-state index contributed by atoms with van der Waals surface area (Å²) in [6.45, 7) is 1.72. The highest BCUT2D eigenvalue weighted by Gasteiger charge is 2.04. The Morgan fingerprint density at radius 1 is 1.21 bits per heavy atom. The van der Waals surface area contributed by atoms with Crippen molar-refractivity contribution in [3.63, 3.8) is 0 Å². The Labute approximate surface area is 94.0 Å². The van der Waals surface area contributed by atoms with Crippen LogP contribution in [-0.2, 0) is 11.3 Å². The third kappa shape index (κ3) is 3.46. The Balaban J connectivity index is 2.49. The second-order valence-corrected chi connectivity index (χ2v) is 3.71. The first-order valence-corrected chi connectivity index (χ1v) is 5.22. The van der Waals surface area contributed by atoms with Crippen molar-refractivity contribution < 1.29 is 4.74 Å². The van der Waals surface area contributed by atoms with Gasteiger partial charge in [0.05, 0.1) is 6.61 Å². The molecule has 4 heteroatoms. The largest absolute Gasteiger partial charge is 0.377 e.